The van der Waals surface area contributed by atoms with Gasteiger partial charge in [0.15, 0.2) is 0 Å². The summed E-state index contributed by atoms with van der Waals surface area (Å²) in [4.78, 5) is 33.2. The lowest BCUT2D eigenvalue weighted by Gasteiger charge is -2.06. The van der Waals surface area contributed by atoms with Crippen LogP contribution in [0.3, 0.4) is 0 Å². The van der Waals surface area contributed by atoms with Crippen LogP contribution in [0.2, 0.25) is 0 Å². The highest BCUT2D eigenvalue weighted by Crippen LogP contribution is 2.19. The van der Waals surface area contributed by atoms with E-state index in [4.69, 9.17) is 6.42 Å². The van der Waals surface area contributed by atoms with Gasteiger partial charge in [0.2, 0.25) is 0 Å². The van der Waals surface area contributed by atoms with Gasteiger partial charge >= 0.3 is 6.03 Å². The molecule has 0 aromatic heterocycles. The standard InChI is InChI=1S/C13H13N3O4.C2H6/c1-3-7-14-13(18)15-12(17)10-6-5-9(4-2)11(8-10)16(19)20;1-2/h2,5-6,8H,3,7H2,1H3,(H2,14,15,17,18);1-2H3. The molecule has 0 radical (unpaired) electrons. The van der Waals surface area contributed by atoms with E-state index in [0.29, 0.717) is 6.54 Å². The number of amides is 3. The molecule has 118 valence electrons. The number of urea groups is 1. The van der Waals surface area contributed by atoms with E-state index < -0.39 is 16.9 Å². The van der Waals surface area contributed by atoms with Gasteiger partial charge in [-0.3, -0.25) is 20.2 Å². The molecule has 0 unspecified atom stereocenters. The van der Waals surface area contributed by atoms with Gasteiger partial charge in [-0.25, -0.2) is 4.79 Å². The number of nitrogens with zero attached hydrogens (tertiary/aromatic N) is 1. The van der Waals surface area contributed by atoms with Crippen LogP contribution in [-0.4, -0.2) is 23.4 Å². The number of rotatable bonds is 4. The zero-order valence-corrected chi connectivity index (χ0v) is 12.8. The highest BCUT2D eigenvalue weighted by Gasteiger charge is 2.17. The number of imide groups is 1. The van der Waals surface area contributed by atoms with Crippen LogP contribution in [0.1, 0.15) is 43.1 Å². The van der Waals surface area contributed by atoms with E-state index in [1.54, 1.807) is 0 Å². The van der Waals surface area contributed by atoms with Crippen molar-refractivity contribution in [1.29, 1.82) is 0 Å². The molecule has 7 nitrogen and oxygen atoms in total. The van der Waals surface area contributed by atoms with Crippen molar-refractivity contribution in [2.24, 2.45) is 0 Å². The summed E-state index contributed by atoms with van der Waals surface area (Å²) in [5.41, 5.74) is -0.293. The highest BCUT2D eigenvalue weighted by atomic mass is 16.6. The summed E-state index contributed by atoms with van der Waals surface area (Å²) in [6.45, 7) is 6.29. The maximum absolute atomic E-state index is 11.7. The Balaban J connectivity index is 0.00000211. The highest BCUT2D eigenvalue weighted by molar-refractivity contribution is 6.04. The fourth-order valence-corrected chi connectivity index (χ4v) is 1.40. The van der Waals surface area contributed by atoms with Crippen LogP contribution in [0.15, 0.2) is 18.2 Å². The van der Waals surface area contributed by atoms with E-state index >= 15 is 0 Å². The van der Waals surface area contributed by atoms with Crippen LogP contribution in [0, 0.1) is 22.5 Å². The number of nitro groups is 1. The van der Waals surface area contributed by atoms with Crippen molar-refractivity contribution in [3.63, 3.8) is 0 Å². The number of terminal acetylenes is 1. The van der Waals surface area contributed by atoms with Crippen molar-refractivity contribution in [3.8, 4) is 12.3 Å². The smallest absolute Gasteiger partial charge is 0.321 e. The largest absolute Gasteiger partial charge is 0.338 e. The maximum Gasteiger partial charge on any atom is 0.321 e. The molecule has 0 heterocycles. The average Bonchev–Trinajstić information content (AvgIpc) is 2.53. The summed E-state index contributed by atoms with van der Waals surface area (Å²) in [6, 6.07) is 3.00. The summed E-state index contributed by atoms with van der Waals surface area (Å²) in [5.74, 6) is 1.43. The topological polar surface area (TPSA) is 101 Å². The molecule has 0 saturated heterocycles. The Morgan fingerprint density at radius 1 is 1.36 bits per heavy atom. The molecular formula is C15H19N3O4. The molecule has 7 heteroatoms. The molecule has 2 N–H and O–H groups in total. The van der Waals surface area contributed by atoms with Crippen molar-refractivity contribution in [3.05, 3.63) is 39.4 Å². The van der Waals surface area contributed by atoms with Gasteiger partial charge in [0, 0.05) is 18.2 Å². The number of benzene rings is 1. The lowest BCUT2D eigenvalue weighted by Crippen LogP contribution is -2.39. The first-order valence-corrected chi connectivity index (χ1v) is 6.83. The second-order valence-electron chi connectivity index (χ2n) is 3.84. The third-order valence-corrected chi connectivity index (χ3v) is 2.37. The fourth-order valence-electron chi connectivity index (χ4n) is 1.40. The minimum atomic E-state index is -0.731. The zero-order chi connectivity index (χ0) is 17.1. The Bertz CT molecular complexity index is 591. The van der Waals surface area contributed by atoms with Crippen molar-refractivity contribution in [2.45, 2.75) is 27.2 Å². The lowest BCUT2D eigenvalue weighted by molar-refractivity contribution is -0.385. The molecule has 0 saturated carbocycles. The van der Waals surface area contributed by atoms with E-state index in [1.807, 2.05) is 20.8 Å². The lowest BCUT2D eigenvalue weighted by atomic mass is 10.1. The Morgan fingerprint density at radius 2 is 2.00 bits per heavy atom. The summed E-state index contributed by atoms with van der Waals surface area (Å²) < 4.78 is 0. The number of carbonyl (C=O) groups excluding carboxylic acids is 2. The van der Waals surface area contributed by atoms with Gasteiger partial charge in [0.1, 0.15) is 5.56 Å². The second-order valence-corrected chi connectivity index (χ2v) is 3.84. The Kier molecular flexibility index (Phi) is 8.63. The first-order chi connectivity index (χ1) is 10.5. The molecule has 0 atom stereocenters. The van der Waals surface area contributed by atoms with Crippen LogP contribution in [-0.2, 0) is 0 Å². The first kappa shape index (κ1) is 19.1. The molecule has 1 aromatic rings. The number of nitrogens with one attached hydrogen (secondary N) is 2. The van der Waals surface area contributed by atoms with Crippen molar-refractivity contribution < 1.29 is 14.5 Å². The molecule has 0 bridgehead atoms. The van der Waals surface area contributed by atoms with E-state index in [9.17, 15) is 19.7 Å². The number of hydrogen-bond donors (Lipinski definition) is 2. The summed E-state index contributed by atoms with van der Waals surface area (Å²) in [7, 11) is 0. The fraction of sp³-hybridized carbons (Fsp3) is 0.333. The van der Waals surface area contributed by atoms with E-state index in [1.165, 1.54) is 12.1 Å². The zero-order valence-electron chi connectivity index (χ0n) is 12.8. The second kappa shape index (κ2) is 9.94. The first-order valence-electron chi connectivity index (χ1n) is 6.83. The molecule has 22 heavy (non-hydrogen) atoms. The van der Waals surface area contributed by atoms with Crippen LogP contribution >= 0.6 is 0 Å². The number of hydrogen-bond acceptors (Lipinski definition) is 4. The third-order valence-electron chi connectivity index (χ3n) is 2.37. The van der Waals surface area contributed by atoms with E-state index in [-0.39, 0.29) is 16.8 Å². The van der Waals surface area contributed by atoms with Crippen LogP contribution in [0.4, 0.5) is 10.5 Å². The Labute approximate surface area is 129 Å². The summed E-state index contributed by atoms with van der Waals surface area (Å²) in [6.07, 6.45) is 5.86. The normalized spacial score (nSPS) is 8.82. The third kappa shape index (κ3) is 5.63. The van der Waals surface area contributed by atoms with Gasteiger partial charge in [0.25, 0.3) is 11.6 Å². The van der Waals surface area contributed by atoms with Gasteiger partial charge in [-0.15, -0.1) is 6.42 Å². The van der Waals surface area contributed by atoms with Crippen LogP contribution in [0.25, 0.3) is 0 Å². The minimum absolute atomic E-state index is 0.0117. The summed E-state index contributed by atoms with van der Waals surface area (Å²) >= 11 is 0. The van der Waals surface area contributed by atoms with Gasteiger partial charge < -0.3 is 5.32 Å². The van der Waals surface area contributed by atoms with Crippen LogP contribution < -0.4 is 10.6 Å². The molecule has 1 aromatic carbocycles. The van der Waals surface area contributed by atoms with Gasteiger partial charge in [-0.2, -0.15) is 0 Å². The predicted molar refractivity (Wildman–Crippen MR) is 83.5 cm³/mol. The predicted octanol–water partition coefficient (Wildman–Crippen LogP) is 2.45. The quantitative estimate of drug-likeness (QED) is 0.507. The Hall–Kier alpha value is -2.88. The number of carbonyl (C=O) groups is 2. The molecule has 3 amide bonds. The van der Waals surface area contributed by atoms with Gasteiger partial charge in [0.05, 0.1) is 4.92 Å². The van der Waals surface area contributed by atoms with Gasteiger partial charge in [-0.1, -0.05) is 26.7 Å². The van der Waals surface area contributed by atoms with Crippen molar-refractivity contribution in [1.82, 2.24) is 10.6 Å². The Morgan fingerprint density at radius 3 is 2.50 bits per heavy atom. The molecule has 0 aliphatic rings. The van der Waals surface area contributed by atoms with Gasteiger partial charge in [-0.05, 0) is 18.6 Å². The molecule has 0 aliphatic carbocycles. The summed E-state index contributed by atoms with van der Waals surface area (Å²) in [5, 5.41) is 15.3. The molecule has 0 fully saturated rings. The minimum Gasteiger partial charge on any atom is -0.338 e. The maximum atomic E-state index is 11.7. The molecule has 0 spiro atoms. The van der Waals surface area contributed by atoms with E-state index in [0.717, 1.165) is 12.5 Å². The van der Waals surface area contributed by atoms with Crippen LogP contribution in [0.5, 0.6) is 0 Å². The number of nitro benzene ring substituents is 1. The average molecular weight is 305 g/mol. The molecule has 1 rings (SSSR count). The molecule has 0 aliphatic heterocycles. The SMILES string of the molecule is C#Cc1ccc(C(=O)NC(=O)NCCC)cc1[N+](=O)[O-].CC. The monoisotopic (exact) mass is 305 g/mol. The van der Waals surface area contributed by atoms with Crippen molar-refractivity contribution in [2.75, 3.05) is 6.54 Å². The van der Waals surface area contributed by atoms with E-state index in [2.05, 4.69) is 16.6 Å². The van der Waals surface area contributed by atoms with Crippen molar-refractivity contribution >= 4 is 17.6 Å². The molecular weight excluding hydrogens is 286 g/mol.